The average Bonchev–Trinajstić information content (AvgIpc) is 3.50. The highest BCUT2D eigenvalue weighted by molar-refractivity contribution is 7.92. The number of rotatable bonds is 14. The fraction of sp³-hybridized carbons (Fsp3) is 0.412. The molecule has 0 spiro atoms. The molecular formula is C34H43N3O5S. The number of methoxy groups -OCH3 is 1. The molecule has 1 saturated carbocycles. The van der Waals surface area contributed by atoms with Crippen molar-refractivity contribution in [2.75, 3.05) is 24.2 Å². The number of benzene rings is 3. The van der Waals surface area contributed by atoms with E-state index in [2.05, 4.69) is 5.32 Å². The summed E-state index contributed by atoms with van der Waals surface area (Å²) in [6.45, 7) is 2.40. The third-order valence-electron chi connectivity index (χ3n) is 7.90. The van der Waals surface area contributed by atoms with Gasteiger partial charge < -0.3 is 15.0 Å². The Bertz CT molecular complexity index is 1470. The molecule has 0 saturated heterocycles. The number of nitrogens with one attached hydrogen (secondary N) is 1. The zero-order valence-electron chi connectivity index (χ0n) is 25.4. The van der Waals surface area contributed by atoms with Crippen molar-refractivity contribution in [1.82, 2.24) is 10.2 Å². The highest BCUT2D eigenvalue weighted by atomic mass is 32.2. The van der Waals surface area contributed by atoms with Gasteiger partial charge in [-0.15, -0.1) is 0 Å². The maximum atomic E-state index is 14.0. The molecule has 1 N–H and O–H groups in total. The van der Waals surface area contributed by atoms with E-state index in [1.165, 1.54) is 11.4 Å². The number of amides is 2. The first kappa shape index (κ1) is 32.1. The van der Waals surface area contributed by atoms with Gasteiger partial charge in [-0.1, -0.05) is 79.1 Å². The minimum absolute atomic E-state index is 0.0871. The Morgan fingerprint density at radius 2 is 1.65 bits per heavy atom. The van der Waals surface area contributed by atoms with E-state index in [1.54, 1.807) is 29.2 Å². The van der Waals surface area contributed by atoms with Crippen LogP contribution in [0.25, 0.3) is 0 Å². The van der Waals surface area contributed by atoms with E-state index in [9.17, 15) is 18.0 Å². The van der Waals surface area contributed by atoms with Gasteiger partial charge in [-0.05, 0) is 49.4 Å². The molecule has 8 nitrogen and oxygen atoms in total. The molecule has 1 aliphatic rings. The summed E-state index contributed by atoms with van der Waals surface area (Å²) in [5.74, 6) is 0.206. The summed E-state index contributed by atoms with van der Waals surface area (Å²) in [4.78, 5) is 29.6. The number of ether oxygens (including phenoxy) is 1. The first-order chi connectivity index (χ1) is 20.6. The molecule has 1 atom stereocenters. The summed E-state index contributed by atoms with van der Waals surface area (Å²) in [7, 11) is -2.08. The Hall–Kier alpha value is -3.85. The van der Waals surface area contributed by atoms with Crippen LogP contribution in [0.1, 0.15) is 55.2 Å². The monoisotopic (exact) mass is 605 g/mol. The Kier molecular flexibility index (Phi) is 11.2. The number of sulfonamides is 1. The van der Waals surface area contributed by atoms with Crippen LogP contribution < -0.4 is 14.4 Å². The van der Waals surface area contributed by atoms with Crippen LogP contribution in [0, 0.1) is 6.92 Å². The zero-order valence-corrected chi connectivity index (χ0v) is 26.2. The SMILES string of the molecule is COc1cccc(N(CCCC(=O)N(Cc2cccc(C)c2)C(Cc2ccccc2)C(=O)NC2CCCC2)S(C)(=O)=O)c1. The quantitative estimate of drug-likeness (QED) is 0.271. The number of aryl methyl sites for hydroxylation is 1. The second kappa shape index (κ2) is 15.0. The Morgan fingerprint density at radius 1 is 0.953 bits per heavy atom. The first-order valence-corrected chi connectivity index (χ1v) is 16.8. The topological polar surface area (TPSA) is 96.0 Å². The van der Waals surface area contributed by atoms with Crippen LogP contribution in [0.4, 0.5) is 5.69 Å². The average molecular weight is 606 g/mol. The number of anilines is 1. The van der Waals surface area contributed by atoms with Gasteiger partial charge in [-0.2, -0.15) is 0 Å². The van der Waals surface area contributed by atoms with E-state index in [0.717, 1.165) is 48.6 Å². The van der Waals surface area contributed by atoms with Gasteiger partial charge in [-0.25, -0.2) is 8.42 Å². The van der Waals surface area contributed by atoms with Crippen molar-refractivity contribution in [2.45, 2.75) is 70.5 Å². The van der Waals surface area contributed by atoms with E-state index in [4.69, 9.17) is 4.74 Å². The zero-order chi connectivity index (χ0) is 30.8. The van der Waals surface area contributed by atoms with Crippen LogP contribution in [-0.4, -0.2) is 57.1 Å². The van der Waals surface area contributed by atoms with Crippen molar-refractivity contribution in [1.29, 1.82) is 0 Å². The molecule has 1 aliphatic carbocycles. The maximum absolute atomic E-state index is 14.0. The predicted octanol–water partition coefficient (Wildman–Crippen LogP) is 5.25. The lowest BCUT2D eigenvalue weighted by molar-refractivity contribution is -0.141. The van der Waals surface area contributed by atoms with Crippen LogP contribution in [0.15, 0.2) is 78.9 Å². The predicted molar refractivity (Wildman–Crippen MR) is 170 cm³/mol. The third-order valence-corrected chi connectivity index (χ3v) is 9.10. The van der Waals surface area contributed by atoms with E-state index >= 15 is 0 Å². The van der Waals surface area contributed by atoms with E-state index in [1.807, 2.05) is 61.5 Å². The van der Waals surface area contributed by atoms with Crippen molar-refractivity contribution in [3.05, 3.63) is 95.6 Å². The van der Waals surface area contributed by atoms with Crippen LogP contribution in [0.3, 0.4) is 0 Å². The third kappa shape index (κ3) is 9.32. The molecule has 0 bridgehead atoms. The number of carbonyl (C=O) groups is 2. The van der Waals surface area contributed by atoms with Crippen molar-refractivity contribution >= 4 is 27.5 Å². The van der Waals surface area contributed by atoms with Gasteiger partial charge in [0.05, 0.1) is 19.1 Å². The van der Waals surface area contributed by atoms with E-state index in [0.29, 0.717) is 17.9 Å². The van der Waals surface area contributed by atoms with Gasteiger partial charge in [0.25, 0.3) is 0 Å². The number of hydrogen-bond donors (Lipinski definition) is 1. The summed E-state index contributed by atoms with van der Waals surface area (Å²) >= 11 is 0. The Labute approximate surface area is 256 Å². The largest absolute Gasteiger partial charge is 0.497 e. The lowest BCUT2D eigenvalue weighted by atomic mass is 10.0. The van der Waals surface area contributed by atoms with Crippen LogP contribution >= 0.6 is 0 Å². The normalized spacial score (nSPS) is 14.2. The van der Waals surface area contributed by atoms with Crippen molar-refractivity contribution in [2.24, 2.45) is 0 Å². The van der Waals surface area contributed by atoms with Gasteiger partial charge in [0, 0.05) is 38.0 Å². The van der Waals surface area contributed by atoms with Gasteiger partial charge in [0.1, 0.15) is 11.8 Å². The molecule has 0 radical (unpaired) electrons. The fourth-order valence-corrected chi connectivity index (χ4v) is 6.66. The minimum Gasteiger partial charge on any atom is -0.497 e. The fourth-order valence-electron chi connectivity index (χ4n) is 5.70. The molecule has 2 amide bonds. The molecule has 1 fully saturated rings. The van der Waals surface area contributed by atoms with E-state index in [-0.39, 0.29) is 43.8 Å². The highest BCUT2D eigenvalue weighted by Crippen LogP contribution is 2.25. The first-order valence-electron chi connectivity index (χ1n) is 14.9. The van der Waals surface area contributed by atoms with Crippen molar-refractivity contribution < 1.29 is 22.7 Å². The molecule has 3 aromatic rings. The van der Waals surface area contributed by atoms with Gasteiger partial charge >= 0.3 is 0 Å². The maximum Gasteiger partial charge on any atom is 0.243 e. The molecule has 3 aromatic carbocycles. The highest BCUT2D eigenvalue weighted by Gasteiger charge is 2.32. The van der Waals surface area contributed by atoms with Crippen molar-refractivity contribution in [3.63, 3.8) is 0 Å². The van der Waals surface area contributed by atoms with Crippen molar-refractivity contribution in [3.8, 4) is 5.75 Å². The lowest BCUT2D eigenvalue weighted by Crippen LogP contribution is -2.52. The molecule has 0 heterocycles. The summed E-state index contributed by atoms with van der Waals surface area (Å²) < 4.78 is 32.0. The second-order valence-corrected chi connectivity index (χ2v) is 13.3. The number of carbonyl (C=O) groups excluding carboxylic acids is 2. The smallest absolute Gasteiger partial charge is 0.243 e. The van der Waals surface area contributed by atoms with Crippen LogP contribution in [-0.2, 0) is 32.6 Å². The summed E-state index contributed by atoms with van der Waals surface area (Å²) in [6.07, 6.45) is 5.98. The summed E-state index contributed by atoms with van der Waals surface area (Å²) in [6, 6.07) is 24.0. The van der Waals surface area contributed by atoms with Gasteiger partial charge in [0.2, 0.25) is 21.8 Å². The minimum atomic E-state index is -3.61. The standard InChI is InChI=1S/C34H43N3O5S/c1-26-12-9-15-28(22-26)25-36(32(23-27-13-5-4-6-14-27)34(39)35-29-16-7-8-17-29)33(38)20-11-21-37(43(3,40)41)30-18-10-19-31(24-30)42-2/h4-6,9-10,12-15,18-19,22,24,29,32H,7-8,11,16-17,20-21,23,25H2,1-3H3,(H,35,39). The number of hydrogen-bond acceptors (Lipinski definition) is 5. The van der Waals surface area contributed by atoms with E-state index < -0.39 is 16.1 Å². The molecule has 43 heavy (non-hydrogen) atoms. The van der Waals surface area contributed by atoms with Gasteiger partial charge in [-0.3, -0.25) is 13.9 Å². The molecule has 0 aromatic heterocycles. The Balaban J connectivity index is 1.59. The lowest BCUT2D eigenvalue weighted by Gasteiger charge is -2.33. The Morgan fingerprint density at radius 3 is 2.33 bits per heavy atom. The molecule has 230 valence electrons. The molecule has 1 unspecified atom stereocenters. The number of nitrogens with zero attached hydrogens (tertiary/aromatic N) is 2. The molecule has 4 rings (SSSR count). The summed E-state index contributed by atoms with van der Waals surface area (Å²) in [5.41, 5.74) is 3.46. The summed E-state index contributed by atoms with van der Waals surface area (Å²) in [5, 5.41) is 3.23. The van der Waals surface area contributed by atoms with Crippen LogP contribution in [0.2, 0.25) is 0 Å². The molecule has 9 heteroatoms. The molecule has 0 aliphatic heterocycles. The van der Waals surface area contributed by atoms with Crippen LogP contribution in [0.5, 0.6) is 5.75 Å². The molecular weight excluding hydrogens is 562 g/mol. The second-order valence-electron chi connectivity index (χ2n) is 11.3. The van der Waals surface area contributed by atoms with Gasteiger partial charge in [0.15, 0.2) is 0 Å².